The van der Waals surface area contributed by atoms with Gasteiger partial charge in [0.15, 0.2) is 0 Å². The highest BCUT2D eigenvalue weighted by molar-refractivity contribution is 9.10. The van der Waals surface area contributed by atoms with Crippen LogP contribution in [0, 0.1) is 0 Å². The molecule has 0 aliphatic heterocycles. The Hall–Kier alpha value is -1.26. The zero-order valence-corrected chi connectivity index (χ0v) is 17.9. The van der Waals surface area contributed by atoms with Gasteiger partial charge >= 0.3 is 5.97 Å². The molecule has 2 aromatic rings. The summed E-state index contributed by atoms with van der Waals surface area (Å²) in [6.45, 7) is 2.21. The smallest absolute Gasteiger partial charge is 0.338 e. The first-order valence-corrected chi connectivity index (χ1v) is 11.1. The van der Waals surface area contributed by atoms with Gasteiger partial charge in [-0.25, -0.2) is 17.9 Å². The topological polar surface area (TPSA) is 75.7 Å². The summed E-state index contributed by atoms with van der Waals surface area (Å²) in [5.41, 5.74) is 0.294. The molecule has 0 amide bonds. The SMILES string of the molecule is CCOC(=O)c1ccc(S(=O)(=O)NCC(c2cccs2)N(C)C)c(Br)c1. The third-order valence-corrected chi connectivity index (χ3v) is 7.07. The Balaban J connectivity index is 2.18. The van der Waals surface area contributed by atoms with Crippen molar-refractivity contribution in [1.82, 2.24) is 9.62 Å². The second kappa shape index (κ2) is 9.09. The quantitative estimate of drug-likeness (QED) is 0.611. The van der Waals surface area contributed by atoms with Crippen LogP contribution in [-0.2, 0) is 14.8 Å². The van der Waals surface area contributed by atoms with Gasteiger partial charge in [-0.15, -0.1) is 11.3 Å². The van der Waals surface area contributed by atoms with E-state index in [1.54, 1.807) is 18.3 Å². The van der Waals surface area contributed by atoms with Gasteiger partial charge < -0.3 is 9.64 Å². The zero-order valence-electron chi connectivity index (χ0n) is 14.7. The number of rotatable bonds is 8. The fourth-order valence-corrected chi connectivity index (χ4v) is 5.38. The molecule has 1 unspecified atom stereocenters. The average molecular weight is 461 g/mol. The largest absolute Gasteiger partial charge is 0.462 e. The summed E-state index contributed by atoms with van der Waals surface area (Å²) in [5.74, 6) is -0.490. The summed E-state index contributed by atoms with van der Waals surface area (Å²) in [5, 5.41) is 1.96. The number of benzene rings is 1. The van der Waals surface area contributed by atoms with E-state index >= 15 is 0 Å². The normalized spacial score (nSPS) is 13.0. The number of sulfonamides is 1. The number of halogens is 1. The van der Waals surface area contributed by atoms with Gasteiger partial charge in [0, 0.05) is 15.9 Å². The molecule has 0 saturated carbocycles. The van der Waals surface area contributed by atoms with E-state index in [2.05, 4.69) is 20.7 Å². The lowest BCUT2D eigenvalue weighted by Gasteiger charge is -2.23. The van der Waals surface area contributed by atoms with Gasteiger partial charge in [0.2, 0.25) is 10.0 Å². The molecule has 0 bridgehead atoms. The van der Waals surface area contributed by atoms with Gasteiger partial charge in [-0.2, -0.15) is 0 Å². The third kappa shape index (κ3) is 5.14. The van der Waals surface area contributed by atoms with Crippen LogP contribution in [0.4, 0.5) is 0 Å². The Bertz CT molecular complexity index is 852. The van der Waals surface area contributed by atoms with Gasteiger partial charge in [-0.1, -0.05) is 6.07 Å². The molecule has 0 aliphatic rings. The molecule has 0 saturated heterocycles. The van der Waals surface area contributed by atoms with Crippen LogP contribution in [0.5, 0.6) is 0 Å². The van der Waals surface area contributed by atoms with E-state index in [4.69, 9.17) is 4.74 Å². The molecule has 0 spiro atoms. The second-order valence-electron chi connectivity index (χ2n) is 5.71. The predicted molar refractivity (Wildman–Crippen MR) is 106 cm³/mol. The molecule has 2 rings (SSSR count). The van der Waals surface area contributed by atoms with Crippen LogP contribution in [0.15, 0.2) is 45.1 Å². The van der Waals surface area contributed by atoms with Crippen LogP contribution in [0.25, 0.3) is 0 Å². The molecule has 1 aromatic carbocycles. The fraction of sp³-hybridized carbons (Fsp3) is 0.353. The number of nitrogens with zero attached hydrogens (tertiary/aromatic N) is 1. The van der Waals surface area contributed by atoms with E-state index in [0.29, 0.717) is 10.0 Å². The van der Waals surface area contributed by atoms with E-state index in [1.165, 1.54) is 18.2 Å². The van der Waals surface area contributed by atoms with Crippen LogP contribution < -0.4 is 4.72 Å². The first-order chi connectivity index (χ1) is 12.3. The third-order valence-electron chi connectivity index (χ3n) is 3.69. The monoisotopic (exact) mass is 460 g/mol. The number of likely N-dealkylation sites (N-methyl/N-ethyl adjacent to an activating group) is 1. The molecule has 0 fully saturated rings. The molecule has 142 valence electrons. The summed E-state index contributed by atoms with van der Waals surface area (Å²) in [6, 6.07) is 8.15. The van der Waals surface area contributed by atoms with Crippen molar-refractivity contribution in [2.75, 3.05) is 27.2 Å². The lowest BCUT2D eigenvalue weighted by atomic mass is 10.2. The van der Waals surface area contributed by atoms with E-state index in [-0.39, 0.29) is 24.1 Å². The molecule has 0 aliphatic carbocycles. The van der Waals surface area contributed by atoms with Crippen molar-refractivity contribution in [2.24, 2.45) is 0 Å². The number of nitrogens with one attached hydrogen (secondary N) is 1. The van der Waals surface area contributed by atoms with Crippen molar-refractivity contribution in [2.45, 2.75) is 17.9 Å². The van der Waals surface area contributed by atoms with Crippen molar-refractivity contribution < 1.29 is 17.9 Å². The minimum atomic E-state index is -3.74. The number of carbonyl (C=O) groups is 1. The van der Waals surface area contributed by atoms with E-state index in [1.807, 2.05) is 36.5 Å². The highest BCUT2D eigenvalue weighted by Crippen LogP contribution is 2.26. The van der Waals surface area contributed by atoms with E-state index in [0.717, 1.165) is 4.88 Å². The van der Waals surface area contributed by atoms with Crippen LogP contribution in [0.2, 0.25) is 0 Å². The maximum absolute atomic E-state index is 12.7. The maximum atomic E-state index is 12.7. The number of carbonyl (C=O) groups excluding carboxylic acids is 1. The maximum Gasteiger partial charge on any atom is 0.338 e. The zero-order chi connectivity index (χ0) is 19.3. The highest BCUT2D eigenvalue weighted by Gasteiger charge is 2.23. The van der Waals surface area contributed by atoms with Crippen molar-refractivity contribution in [3.63, 3.8) is 0 Å². The molecular weight excluding hydrogens is 440 g/mol. The lowest BCUT2D eigenvalue weighted by Crippen LogP contribution is -2.34. The Morgan fingerprint density at radius 3 is 2.62 bits per heavy atom. The van der Waals surface area contributed by atoms with Crippen LogP contribution in [0.1, 0.15) is 28.2 Å². The Morgan fingerprint density at radius 2 is 2.08 bits per heavy atom. The molecule has 1 heterocycles. The summed E-state index contributed by atoms with van der Waals surface area (Å²) in [6.07, 6.45) is 0. The predicted octanol–water partition coefficient (Wildman–Crippen LogP) is 3.27. The summed E-state index contributed by atoms with van der Waals surface area (Å²) in [7, 11) is 0.0746. The molecule has 1 N–H and O–H groups in total. The van der Waals surface area contributed by atoms with Crippen molar-refractivity contribution >= 4 is 43.3 Å². The minimum absolute atomic E-state index is 0.0673. The molecule has 6 nitrogen and oxygen atoms in total. The van der Waals surface area contributed by atoms with Gasteiger partial charge in [-0.3, -0.25) is 0 Å². The first-order valence-electron chi connectivity index (χ1n) is 7.92. The molecule has 0 radical (unpaired) electrons. The molecule has 26 heavy (non-hydrogen) atoms. The fourth-order valence-electron chi connectivity index (χ4n) is 2.35. The summed E-state index contributed by atoms with van der Waals surface area (Å²) < 4.78 is 33.3. The van der Waals surface area contributed by atoms with Crippen molar-refractivity contribution in [3.05, 3.63) is 50.6 Å². The Morgan fingerprint density at radius 1 is 1.35 bits per heavy atom. The van der Waals surface area contributed by atoms with Gasteiger partial charge in [0.1, 0.15) is 0 Å². The van der Waals surface area contributed by atoms with Gasteiger partial charge in [-0.05, 0) is 66.6 Å². The van der Waals surface area contributed by atoms with Crippen molar-refractivity contribution in [3.8, 4) is 0 Å². The highest BCUT2D eigenvalue weighted by atomic mass is 79.9. The molecule has 1 atom stereocenters. The molecular formula is C17H21BrN2O4S2. The Kier molecular flexibility index (Phi) is 7.36. The van der Waals surface area contributed by atoms with E-state index in [9.17, 15) is 13.2 Å². The standard InChI is InChI=1S/C17H21BrN2O4S2/c1-4-24-17(21)12-7-8-16(13(18)10-12)26(22,23)19-11-14(20(2)3)15-6-5-9-25-15/h5-10,14,19H,4,11H2,1-3H3. The minimum Gasteiger partial charge on any atom is -0.462 e. The van der Waals surface area contributed by atoms with Crippen molar-refractivity contribution in [1.29, 1.82) is 0 Å². The van der Waals surface area contributed by atoms with Crippen LogP contribution >= 0.6 is 27.3 Å². The number of thiophene rings is 1. The number of hydrogen-bond acceptors (Lipinski definition) is 6. The van der Waals surface area contributed by atoms with Crippen LogP contribution in [-0.4, -0.2) is 46.5 Å². The average Bonchev–Trinajstić information content (AvgIpc) is 3.08. The Labute approximate surface area is 166 Å². The van der Waals surface area contributed by atoms with Gasteiger partial charge in [0.25, 0.3) is 0 Å². The van der Waals surface area contributed by atoms with E-state index < -0.39 is 16.0 Å². The summed E-state index contributed by atoms with van der Waals surface area (Å²) in [4.78, 5) is 14.9. The van der Waals surface area contributed by atoms with Gasteiger partial charge in [0.05, 0.1) is 23.1 Å². The first kappa shape index (κ1) is 21.0. The number of ether oxygens (including phenoxy) is 1. The second-order valence-corrected chi connectivity index (χ2v) is 9.28. The lowest BCUT2D eigenvalue weighted by molar-refractivity contribution is 0.0526. The van der Waals surface area contributed by atoms with Crippen LogP contribution in [0.3, 0.4) is 0 Å². The molecule has 1 aromatic heterocycles. The number of hydrogen-bond donors (Lipinski definition) is 1. The summed E-state index contributed by atoms with van der Waals surface area (Å²) >= 11 is 4.82. The molecule has 9 heteroatoms. The number of esters is 1.